The first-order chi connectivity index (χ1) is 26.4. The van der Waals surface area contributed by atoms with Gasteiger partial charge in [0, 0.05) is 40.1 Å². The lowest BCUT2D eigenvalue weighted by Crippen LogP contribution is -2.40. The van der Waals surface area contributed by atoms with Crippen LogP contribution in [0, 0.1) is 10.5 Å². The van der Waals surface area contributed by atoms with Crippen LogP contribution >= 0.6 is 33.9 Å². The highest BCUT2D eigenvalue weighted by Crippen LogP contribution is 2.34. The lowest BCUT2D eigenvalue weighted by Gasteiger charge is -2.31. The van der Waals surface area contributed by atoms with Gasteiger partial charge in [-0.1, -0.05) is 62.2 Å². The smallest absolute Gasteiger partial charge is 0.435 e. The molecule has 1 fully saturated rings. The zero-order valence-electron chi connectivity index (χ0n) is 30.9. The number of unbranched alkanes of at least 4 members (excludes halogenated alkanes) is 1. The number of aryl methyl sites for hydroxylation is 1. The molecule has 0 spiro atoms. The van der Waals surface area contributed by atoms with Gasteiger partial charge in [-0.3, -0.25) is 14.3 Å². The summed E-state index contributed by atoms with van der Waals surface area (Å²) in [5.74, 6) is 0.403. The number of hydrogen-bond donors (Lipinski definition) is 0. The fraction of sp³-hybridized carbons (Fsp3) is 0.425. The summed E-state index contributed by atoms with van der Waals surface area (Å²) in [4.78, 5) is 37.4. The van der Waals surface area contributed by atoms with Crippen molar-refractivity contribution in [3.05, 3.63) is 107 Å². The van der Waals surface area contributed by atoms with E-state index in [4.69, 9.17) is 19.0 Å². The second kappa shape index (κ2) is 18.1. The maximum atomic E-state index is 12.9. The summed E-state index contributed by atoms with van der Waals surface area (Å²) in [5.41, 5.74) is 3.38. The highest BCUT2D eigenvalue weighted by Gasteiger charge is 2.35. The minimum Gasteiger partial charge on any atom is -0.465 e. The summed E-state index contributed by atoms with van der Waals surface area (Å²) in [6.45, 7) is 7.13. The summed E-state index contributed by atoms with van der Waals surface area (Å²) in [6.07, 6.45) is 1.14. The highest BCUT2D eigenvalue weighted by molar-refractivity contribution is 14.1. The molecular formula is C40H43F3IN5O5S. The van der Waals surface area contributed by atoms with Crippen molar-refractivity contribution >= 4 is 56.5 Å². The van der Waals surface area contributed by atoms with Crippen molar-refractivity contribution in [1.29, 1.82) is 0 Å². The maximum absolute atomic E-state index is 12.9. The molecule has 0 radical (unpaired) electrons. The largest absolute Gasteiger partial charge is 0.465 e. The van der Waals surface area contributed by atoms with E-state index >= 15 is 0 Å². The number of rotatable bonds is 11. The van der Waals surface area contributed by atoms with Gasteiger partial charge in [0.05, 0.1) is 28.3 Å². The molecule has 1 atom stereocenters. The van der Waals surface area contributed by atoms with Crippen molar-refractivity contribution in [3.63, 3.8) is 0 Å². The summed E-state index contributed by atoms with van der Waals surface area (Å²) in [6, 6.07) is 16.6. The minimum absolute atomic E-state index is 0.0399. The van der Waals surface area contributed by atoms with Crippen LogP contribution in [0.25, 0.3) is 11.0 Å². The second-order valence-corrected chi connectivity index (χ2v) is 15.7. The fourth-order valence-corrected chi connectivity index (χ4v) is 7.96. The monoisotopic (exact) mass is 889 g/mol. The highest BCUT2D eigenvalue weighted by atomic mass is 127. The first kappa shape index (κ1) is 40.4. The quantitative estimate of drug-likeness (QED) is 0.0960. The lowest BCUT2D eigenvalue weighted by molar-refractivity contribution is -0.142. The molecule has 2 aliphatic rings. The van der Waals surface area contributed by atoms with Crippen molar-refractivity contribution in [2.45, 2.75) is 90.5 Å². The van der Waals surface area contributed by atoms with E-state index in [9.17, 15) is 22.8 Å². The van der Waals surface area contributed by atoms with E-state index in [1.54, 1.807) is 16.2 Å². The van der Waals surface area contributed by atoms with Gasteiger partial charge in [-0.25, -0.2) is 4.98 Å². The van der Waals surface area contributed by atoms with Gasteiger partial charge in [-0.15, -0.1) is 11.3 Å². The van der Waals surface area contributed by atoms with E-state index < -0.39 is 11.9 Å². The third-order valence-corrected chi connectivity index (χ3v) is 11.2. The molecule has 15 heteroatoms. The normalized spacial score (nSPS) is 16.1. The van der Waals surface area contributed by atoms with Crippen LogP contribution in [0.1, 0.15) is 97.6 Å². The topological polar surface area (TPSA) is 112 Å². The number of aromatic nitrogens is 3. The Hall–Kier alpha value is -4.25. The summed E-state index contributed by atoms with van der Waals surface area (Å²) < 4.78 is 52.3. The van der Waals surface area contributed by atoms with Crippen LogP contribution in [0.2, 0.25) is 0 Å². The first-order valence-electron chi connectivity index (χ1n) is 18.5. The zero-order chi connectivity index (χ0) is 39.1. The average molecular weight is 890 g/mol. The van der Waals surface area contributed by atoms with Crippen molar-refractivity contribution in [2.24, 2.45) is 5.16 Å². The number of hydrogen-bond acceptors (Lipinski definition) is 9. The van der Waals surface area contributed by atoms with Crippen LogP contribution in [-0.4, -0.2) is 51.0 Å². The third kappa shape index (κ3) is 9.95. The number of alkyl halides is 3. The molecule has 0 bridgehead atoms. The third-order valence-electron chi connectivity index (χ3n) is 9.55. The molecule has 3 aromatic heterocycles. The van der Waals surface area contributed by atoms with Crippen molar-refractivity contribution < 1.29 is 32.0 Å². The van der Waals surface area contributed by atoms with E-state index in [0.29, 0.717) is 60.7 Å². The van der Waals surface area contributed by atoms with E-state index in [1.165, 1.54) is 6.92 Å². The van der Waals surface area contributed by atoms with Crippen LogP contribution in [0.4, 0.5) is 13.2 Å². The summed E-state index contributed by atoms with van der Waals surface area (Å²) >= 11 is 3.79. The first-order valence-corrected chi connectivity index (χ1v) is 20.4. The Balaban J connectivity index is 0.000000219. The number of thiazole rings is 1. The van der Waals surface area contributed by atoms with E-state index in [2.05, 4.69) is 39.8 Å². The number of fused-ring (bicyclic) bond motifs is 1. The molecule has 1 saturated heterocycles. The van der Waals surface area contributed by atoms with E-state index in [0.717, 1.165) is 68.4 Å². The van der Waals surface area contributed by atoms with Gasteiger partial charge in [-0.05, 0) is 85.0 Å². The van der Waals surface area contributed by atoms with E-state index in [-0.39, 0.29) is 29.9 Å². The molecule has 1 amide bonds. The summed E-state index contributed by atoms with van der Waals surface area (Å²) in [5, 5.41) is 11.5. The number of oxime groups is 1. The van der Waals surface area contributed by atoms with Gasteiger partial charge in [0.15, 0.2) is 17.2 Å². The van der Waals surface area contributed by atoms with Crippen molar-refractivity contribution in [1.82, 2.24) is 19.7 Å². The van der Waals surface area contributed by atoms with Gasteiger partial charge in [-0.2, -0.15) is 18.3 Å². The maximum Gasteiger partial charge on any atom is 0.435 e. The van der Waals surface area contributed by atoms with Gasteiger partial charge in [0.2, 0.25) is 5.91 Å². The minimum atomic E-state index is -4.53. The van der Waals surface area contributed by atoms with Gasteiger partial charge in [0.25, 0.3) is 5.95 Å². The Morgan fingerprint density at radius 3 is 2.53 bits per heavy atom. The molecular weight excluding hydrogens is 846 g/mol. The Morgan fingerprint density at radius 2 is 1.84 bits per heavy atom. The van der Waals surface area contributed by atoms with Gasteiger partial charge < -0.3 is 18.9 Å². The number of amides is 1. The van der Waals surface area contributed by atoms with Crippen LogP contribution in [0.3, 0.4) is 0 Å². The van der Waals surface area contributed by atoms with Crippen LogP contribution in [-0.2, 0) is 28.8 Å². The second-order valence-electron chi connectivity index (χ2n) is 13.6. The molecule has 55 heavy (non-hydrogen) atoms. The molecule has 292 valence electrons. The molecule has 7 rings (SSSR count). The van der Waals surface area contributed by atoms with Crippen LogP contribution < -0.4 is 10.2 Å². The lowest BCUT2D eigenvalue weighted by atomic mass is 9.97. The number of benzene rings is 2. The predicted octanol–water partition coefficient (Wildman–Crippen LogP) is 9.47. The Kier molecular flexibility index (Phi) is 13.3. The molecule has 5 aromatic rings. The van der Waals surface area contributed by atoms with Gasteiger partial charge in [0.1, 0.15) is 17.8 Å². The molecule has 0 N–H and O–H groups in total. The Labute approximate surface area is 334 Å². The summed E-state index contributed by atoms with van der Waals surface area (Å²) in [7, 11) is 0. The van der Waals surface area contributed by atoms with Crippen LogP contribution in [0.15, 0.2) is 74.3 Å². The van der Waals surface area contributed by atoms with Gasteiger partial charge >= 0.3 is 6.18 Å². The van der Waals surface area contributed by atoms with Crippen molar-refractivity contribution in [2.75, 3.05) is 19.7 Å². The van der Waals surface area contributed by atoms with E-state index in [1.807, 2.05) is 60.8 Å². The number of nitrogens with zero attached hydrogens (tertiary/aromatic N) is 5. The number of ether oxygens (including phenoxy) is 1. The standard InChI is InChI=1S/C24H24F3N5O2S.C16H19IO3/c1-15-11-21(24(25,26)27)29-32(15)13-22(33)31-9-7-17(8-10-31)23-28-19(14-35-23)18-12-20(34-30-18)16-5-3-2-4-6-16;1-3-5-9-19-16-12(6-4-2)15(18)13-10-11(17)7-8-14(13)20-16/h2-6,11,14,17,20H,7-10,12-13H2,1H3;7-8,10H,3-6,9H2,1-2H3. The number of carbonyl (C=O) groups excluding carboxylic acids is 1. The van der Waals surface area contributed by atoms with Crippen LogP contribution in [0.5, 0.6) is 5.95 Å². The number of piperidine rings is 1. The molecule has 5 heterocycles. The molecule has 0 aliphatic carbocycles. The predicted molar refractivity (Wildman–Crippen MR) is 214 cm³/mol. The average Bonchev–Trinajstić information content (AvgIpc) is 3.95. The number of halogens is 4. The molecule has 2 aromatic carbocycles. The number of carbonyl (C=O) groups is 1. The Morgan fingerprint density at radius 1 is 1.07 bits per heavy atom. The SMILES string of the molecule is CCCCOc1oc2ccc(I)cc2c(=O)c1CCC.Cc1cc(C(F)(F)F)nn1CC(=O)N1CCC(c2nc(C3=NOC(c4ccccc4)C3)cs2)CC1. The number of likely N-dealkylation sites (tertiary alicyclic amines) is 1. The molecule has 2 aliphatic heterocycles. The zero-order valence-corrected chi connectivity index (χ0v) is 33.9. The molecule has 0 saturated carbocycles. The fourth-order valence-electron chi connectivity index (χ4n) is 6.47. The molecule has 1 unspecified atom stereocenters. The molecule has 10 nitrogen and oxygen atoms in total. The Bertz CT molecular complexity index is 2180. The van der Waals surface area contributed by atoms with Crippen molar-refractivity contribution in [3.8, 4) is 5.95 Å².